The number of halogens is 1. The molecule has 2 heterocycles. The van der Waals surface area contributed by atoms with E-state index in [1.807, 2.05) is 37.3 Å². The lowest BCUT2D eigenvalue weighted by Gasteiger charge is -2.14. The minimum absolute atomic E-state index is 0.219. The van der Waals surface area contributed by atoms with Crippen molar-refractivity contribution in [3.63, 3.8) is 0 Å². The number of carbonyl (C=O) groups excluding carboxylic acids is 1. The maximum Gasteiger partial charge on any atom is 0.251 e. The second kappa shape index (κ2) is 9.33. The first-order valence-corrected chi connectivity index (χ1v) is 10.8. The van der Waals surface area contributed by atoms with Gasteiger partial charge in [-0.1, -0.05) is 41.1 Å². The number of nitrogens with two attached hydrogens (primary N) is 1. The largest absolute Gasteiger partial charge is 0.496 e. The van der Waals surface area contributed by atoms with Crippen LogP contribution in [0.5, 0.6) is 11.5 Å². The van der Waals surface area contributed by atoms with Gasteiger partial charge in [-0.25, -0.2) is 4.98 Å². The van der Waals surface area contributed by atoms with Crippen molar-refractivity contribution in [2.75, 3.05) is 7.11 Å². The van der Waals surface area contributed by atoms with Gasteiger partial charge in [-0.3, -0.25) is 4.79 Å². The van der Waals surface area contributed by atoms with E-state index in [1.165, 1.54) is 11.3 Å². The van der Waals surface area contributed by atoms with Crippen LogP contribution in [0.3, 0.4) is 0 Å². The summed E-state index contributed by atoms with van der Waals surface area (Å²) in [6.45, 7) is 2.06. The van der Waals surface area contributed by atoms with Gasteiger partial charge in [-0.05, 0) is 43.3 Å². The van der Waals surface area contributed by atoms with Crippen molar-refractivity contribution >= 4 is 28.8 Å². The van der Waals surface area contributed by atoms with Crippen LogP contribution < -0.4 is 15.2 Å². The minimum atomic E-state index is -0.609. The summed E-state index contributed by atoms with van der Waals surface area (Å²) in [5.74, 6) is 0.680. The van der Waals surface area contributed by atoms with Crippen LogP contribution in [0.25, 0.3) is 21.8 Å². The van der Waals surface area contributed by atoms with Crippen LogP contribution >= 0.6 is 22.9 Å². The summed E-state index contributed by atoms with van der Waals surface area (Å²) >= 11 is 7.19. The summed E-state index contributed by atoms with van der Waals surface area (Å²) in [5, 5.41) is 10.2. The number of hydrogen-bond acceptors (Lipinski definition) is 7. The molecule has 32 heavy (non-hydrogen) atoms. The zero-order valence-electron chi connectivity index (χ0n) is 17.3. The molecule has 0 saturated heterocycles. The number of benzene rings is 2. The Balaban J connectivity index is 1.72. The van der Waals surface area contributed by atoms with E-state index in [0.717, 1.165) is 5.56 Å². The van der Waals surface area contributed by atoms with Gasteiger partial charge in [-0.15, -0.1) is 10.2 Å². The van der Waals surface area contributed by atoms with E-state index in [-0.39, 0.29) is 12.2 Å². The molecule has 0 saturated carbocycles. The van der Waals surface area contributed by atoms with E-state index < -0.39 is 5.91 Å². The number of methoxy groups -OCH3 is 1. The first kappa shape index (κ1) is 21.7. The van der Waals surface area contributed by atoms with E-state index in [2.05, 4.69) is 15.2 Å². The summed E-state index contributed by atoms with van der Waals surface area (Å²) in [4.78, 5) is 17.1. The molecule has 4 rings (SSSR count). The van der Waals surface area contributed by atoms with Gasteiger partial charge in [-0.2, -0.15) is 0 Å². The molecule has 0 atom stereocenters. The highest BCUT2D eigenvalue weighted by Gasteiger charge is 2.23. The Kier molecular flexibility index (Phi) is 6.34. The molecule has 162 valence electrons. The van der Waals surface area contributed by atoms with Crippen molar-refractivity contribution < 1.29 is 14.3 Å². The van der Waals surface area contributed by atoms with E-state index in [0.29, 0.717) is 43.5 Å². The topological polar surface area (TPSA) is 100 Å². The first-order valence-electron chi connectivity index (χ1n) is 9.62. The van der Waals surface area contributed by atoms with Crippen LogP contribution in [0.1, 0.15) is 21.1 Å². The Hall–Kier alpha value is -3.49. The molecule has 0 radical (unpaired) electrons. The number of amides is 1. The van der Waals surface area contributed by atoms with Crippen molar-refractivity contribution in [1.82, 2.24) is 15.2 Å². The Bertz CT molecular complexity index is 1270. The van der Waals surface area contributed by atoms with Gasteiger partial charge in [0.1, 0.15) is 23.8 Å². The second-order valence-corrected chi connectivity index (χ2v) is 8.34. The fraction of sp³-hybridized carbons (Fsp3) is 0.130. The molecule has 2 aromatic carbocycles. The van der Waals surface area contributed by atoms with Crippen LogP contribution in [0, 0.1) is 6.92 Å². The van der Waals surface area contributed by atoms with Crippen LogP contribution in [0.4, 0.5) is 0 Å². The van der Waals surface area contributed by atoms with Gasteiger partial charge in [0.2, 0.25) is 0 Å². The highest BCUT2D eigenvalue weighted by atomic mass is 35.5. The normalized spacial score (nSPS) is 10.7. The van der Waals surface area contributed by atoms with Gasteiger partial charge in [0.05, 0.1) is 12.7 Å². The molecule has 0 aliphatic carbocycles. The van der Waals surface area contributed by atoms with E-state index in [1.54, 1.807) is 31.4 Å². The number of para-hydroxylation sites is 1. The van der Waals surface area contributed by atoms with Crippen molar-refractivity contribution in [1.29, 1.82) is 0 Å². The maximum absolute atomic E-state index is 12.5. The fourth-order valence-corrected chi connectivity index (χ4v) is 4.12. The number of ether oxygens (including phenoxy) is 2. The molecule has 0 aliphatic heterocycles. The molecule has 0 spiro atoms. The number of primary amides is 1. The Morgan fingerprint density at radius 2 is 1.84 bits per heavy atom. The smallest absolute Gasteiger partial charge is 0.251 e. The van der Waals surface area contributed by atoms with Crippen molar-refractivity contribution in [3.05, 3.63) is 75.9 Å². The number of hydrogen-bond donors (Lipinski definition) is 1. The lowest BCUT2D eigenvalue weighted by atomic mass is 9.96. The summed E-state index contributed by atoms with van der Waals surface area (Å²) in [6.07, 6.45) is 0. The van der Waals surface area contributed by atoms with Crippen LogP contribution in [-0.2, 0) is 6.61 Å². The lowest BCUT2D eigenvalue weighted by molar-refractivity contribution is 0.100. The Morgan fingerprint density at radius 3 is 2.56 bits per heavy atom. The van der Waals surface area contributed by atoms with E-state index in [9.17, 15) is 4.79 Å². The van der Waals surface area contributed by atoms with Crippen molar-refractivity contribution in [2.45, 2.75) is 13.5 Å². The number of rotatable bonds is 7. The monoisotopic (exact) mass is 466 g/mol. The molecule has 0 fully saturated rings. The average molecular weight is 467 g/mol. The van der Waals surface area contributed by atoms with Crippen LogP contribution in [0.15, 0.2) is 54.6 Å². The molecule has 2 aromatic heterocycles. The standard InChI is InChI=1S/C23H19ClN4O3S/c1-13-11-17(16-5-3-4-6-18(16)30-2)20(22(25)29)21(26-13)23-28-27-19(32-23)12-31-15-9-7-14(24)8-10-15/h3-11H,12H2,1-2H3,(H2,25,29). The molecule has 4 aromatic rings. The number of pyridine rings is 1. The molecular formula is C23H19ClN4O3S. The summed E-state index contributed by atoms with van der Waals surface area (Å²) in [5.41, 5.74) is 8.52. The number of aryl methyl sites for hydroxylation is 1. The van der Waals surface area contributed by atoms with Crippen LogP contribution in [0.2, 0.25) is 5.02 Å². The molecule has 7 nitrogen and oxygen atoms in total. The molecule has 0 aliphatic rings. The third-order valence-electron chi connectivity index (χ3n) is 4.64. The maximum atomic E-state index is 12.5. The predicted molar refractivity (Wildman–Crippen MR) is 124 cm³/mol. The number of carbonyl (C=O) groups is 1. The number of nitrogens with zero attached hydrogens (tertiary/aromatic N) is 3. The second-order valence-electron chi connectivity index (χ2n) is 6.84. The fourth-order valence-electron chi connectivity index (χ4n) is 3.24. The molecular weight excluding hydrogens is 448 g/mol. The van der Waals surface area contributed by atoms with Gasteiger partial charge < -0.3 is 15.2 Å². The lowest BCUT2D eigenvalue weighted by Crippen LogP contribution is -2.15. The zero-order chi connectivity index (χ0) is 22.7. The quantitative estimate of drug-likeness (QED) is 0.415. The molecule has 9 heteroatoms. The summed E-state index contributed by atoms with van der Waals surface area (Å²) in [6, 6.07) is 16.3. The van der Waals surface area contributed by atoms with Gasteiger partial charge in [0.25, 0.3) is 5.91 Å². The van der Waals surface area contributed by atoms with Crippen LogP contribution in [-0.4, -0.2) is 28.2 Å². The minimum Gasteiger partial charge on any atom is -0.496 e. The molecule has 0 unspecified atom stereocenters. The summed E-state index contributed by atoms with van der Waals surface area (Å²) in [7, 11) is 1.58. The SMILES string of the molecule is COc1ccccc1-c1cc(C)nc(-c2nnc(COc3ccc(Cl)cc3)s2)c1C(N)=O. The van der Waals surface area contributed by atoms with E-state index >= 15 is 0 Å². The van der Waals surface area contributed by atoms with E-state index in [4.69, 9.17) is 26.8 Å². The Morgan fingerprint density at radius 1 is 1.09 bits per heavy atom. The molecule has 2 N–H and O–H groups in total. The first-order chi connectivity index (χ1) is 15.5. The average Bonchev–Trinajstić information content (AvgIpc) is 3.27. The third kappa shape index (κ3) is 4.56. The van der Waals surface area contributed by atoms with Crippen molar-refractivity contribution in [2.24, 2.45) is 5.73 Å². The zero-order valence-corrected chi connectivity index (χ0v) is 18.9. The third-order valence-corrected chi connectivity index (χ3v) is 5.79. The number of aromatic nitrogens is 3. The van der Waals surface area contributed by atoms with Gasteiger partial charge in [0.15, 0.2) is 10.0 Å². The molecule has 0 bridgehead atoms. The highest BCUT2D eigenvalue weighted by molar-refractivity contribution is 7.14. The Labute approximate surface area is 193 Å². The highest BCUT2D eigenvalue weighted by Crippen LogP contribution is 2.37. The van der Waals surface area contributed by atoms with Crippen molar-refractivity contribution in [3.8, 4) is 33.3 Å². The van der Waals surface area contributed by atoms with Gasteiger partial charge >= 0.3 is 0 Å². The van der Waals surface area contributed by atoms with Gasteiger partial charge in [0, 0.05) is 21.8 Å². The molecule has 1 amide bonds. The summed E-state index contributed by atoms with van der Waals surface area (Å²) < 4.78 is 11.2. The predicted octanol–water partition coefficient (Wildman–Crippen LogP) is 4.92.